The molecule has 1 fully saturated rings. The third kappa shape index (κ3) is 1.31. The van der Waals surface area contributed by atoms with Gasteiger partial charge in [-0.1, -0.05) is 12.1 Å². The van der Waals surface area contributed by atoms with E-state index in [2.05, 4.69) is 5.32 Å². The summed E-state index contributed by atoms with van der Waals surface area (Å²) in [6, 6.07) is 5.90. The second kappa shape index (κ2) is 2.74. The van der Waals surface area contributed by atoms with Gasteiger partial charge in [0, 0.05) is 11.1 Å². The van der Waals surface area contributed by atoms with Crippen molar-refractivity contribution in [2.45, 2.75) is 25.3 Å². The Kier molecular flexibility index (Phi) is 1.81. The van der Waals surface area contributed by atoms with Crippen LogP contribution < -0.4 is 5.32 Å². The monoisotopic (exact) mass is 177 g/mol. The van der Waals surface area contributed by atoms with Crippen LogP contribution in [0.25, 0.3) is 0 Å². The number of phenolic OH excluding ortho intramolecular Hbond substituents is 1. The normalized spacial score (nSPS) is 18.6. The summed E-state index contributed by atoms with van der Waals surface area (Å²) >= 11 is 0. The molecule has 2 heteroatoms. The minimum absolute atomic E-state index is 0.0672. The number of aryl methyl sites for hydroxylation is 1. The van der Waals surface area contributed by atoms with Gasteiger partial charge < -0.3 is 10.4 Å². The summed E-state index contributed by atoms with van der Waals surface area (Å²) in [7, 11) is 1.95. The Hall–Kier alpha value is -1.02. The molecule has 13 heavy (non-hydrogen) atoms. The predicted octanol–water partition coefficient (Wildman–Crippen LogP) is 1.91. The predicted molar refractivity (Wildman–Crippen MR) is 52.8 cm³/mol. The molecule has 0 atom stereocenters. The molecule has 0 saturated heterocycles. The quantitative estimate of drug-likeness (QED) is 0.723. The average Bonchev–Trinajstić information content (AvgIpc) is 2.85. The zero-order chi connectivity index (χ0) is 9.47. The fourth-order valence-electron chi connectivity index (χ4n) is 1.83. The lowest BCUT2D eigenvalue weighted by molar-refractivity contribution is 0.448. The molecule has 1 saturated carbocycles. The summed E-state index contributed by atoms with van der Waals surface area (Å²) in [6.07, 6.45) is 2.25. The number of hydrogen-bond donors (Lipinski definition) is 2. The van der Waals surface area contributed by atoms with E-state index in [1.807, 2.05) is 32.2 Å². The maximum Gasteiger partial charge on any atom is 0.120 e. The number of aromatic hydroxyl groups is 1. The zero-order valence-corrected chi connectivity index (χ0v) is 8.09. The molecule has 70 valence electrons. The third-order valence-electron chi connectivity index (χ3n) is 2.90. The maximum absolute atomic E-state index is 9.76. The highest BCUT2D eigenvalue weighted by molar-refractivity contribution is 5.43. The number of rotatable bonds is 2. The van der Waals surface area contributed by atoms with Gasteiger partial charge in [0.15, 0.2) is 0 Å². The molecule has 0 heterocycles. The van der Waals surface area contributed by atoms with Crippen molar-refractivity contribution in [3.8, 4) is 5.75 Å². The molecule has 0 amide bonds. The van der Waals surface area contributed by atoms with Crippen LogP contribution in [0.3, 0.4) is 0 Å². The van der Waals surface area contributed by atoms with E-state index in [-0.39, 0.29) is 5.54 Å². The van der Waals surface area contributed by atoms with E-state index in [1.165, 1.54) is 0 Å². The molecule has 0 bridgehead atoms. The molecule has 1 aliphatic carbocycles. The van der Waals surface area contributed by atoms with E-state index in [0.29, 0.717) is 5.75 Å². The van der Waals surface area contributed by atoms with Gasteiger partial charge in [0.1, 0.15) is 5.75 Å². The largest absolute Gasteiger partial charge is 0.508 e. The first-order chi connectivity index (χ1) is 6.18. The van der Waals surface area contributed by atoms with Crippen LogP contribution in [0.1, 0.15) is 24.0 Å². The fraction of sp³-hybridized carbons (Fsp3) is 0.455. The Balaban J connectivity index is 2.41. The van der Waals surface area contributed by atoms with Crippen LogP contribution in [0.2, 0.25) is 0 Å². The molecular weight excluding hydrogens is 162 g/mol. The molecule has 2 N–H and O–H groups in total. The third-order valence-corrected chi connectivity index (χ3v) is 2.90. The van der Waals surface area contributed by atoms with Crippen LogP contribution in [0.5, 0.6) is 5.75 Å². The van der Waals surface area contributed by atoms with Crippen molar-refractivity contribution < 1.29 is 5.11 Å². The highest BCUT2D eigenvalue weighted by Crippen LogP contribution is 2.48. The summed E-state index contributed by atoms with van der Waals surface area (Å²) < 4.78 is 0. The maximum atomic E-state index is 9.76. The van der Waals surface area contributed by atoms with Crippen molar-refractivity contribution >= 4 is 0 Å². The standard InChI is InChI=1S/C11H15NO/c1-8-3-4-9(10(13)7-8)11(12-2)5-6-11/h3-4,7,12-13H,5-6H2,1-2H3. The fourth-order valence-corrected chi connectivity index (χ4v) is 1.83. The highest BCUT2D eigenvalue weighted by Gasteiger charge is 2.44. The van der Waals surface area contributed by atoms with Crippen LogP contribution in [0, 0.1) is 6.92 Å². The van der Waals surface area contributed by atoms with Crippen LogP contribution in [-0.2, 0) is 5.54 Å². The minimum atomic E-state index is 0.0672. The summed E-state index contributed by atoms with van der Waals surface area (Å²) in [4.78, 5) is 0. The van der Waals surface area contributed by atoms with Gasteiger partial charge in [-0.05, 0) is 38.4 Å². The Morgan fingerprint density at radius 2 is 2.08 bits per heavy atom. The summed E-state index contributed by atoms with van der Waals surface area (Å²) in [6.45, 7) is 1.99. The lowest BCUT2D eigenvalue weighted by atomic mass is 10.0. The first-order valence-corrected chi connectivity index (χ1v) is 4.67. The zero-order valence-electron chi connectivity index (χ0n) is 8.09. The molecule has 0 spiro atoms. The summed E-state index contributed by atoms with van der Waals surface area (Å²) in [5.41, 5.74) is 2.21. The van der Waals surface area contributed by atoms with Gasteiger partial charge in [-0.25, -0.2) is 0 Å². The highest BCUT2D eigenvalue weighted by atomic mass is 16.3. The summed E-state index contributed by atoms with van der Waals surface area (Å²) in [5.74, 6) is 0.423. The van der Waals surface area contributed by atoms with Gasteiger partial charge in [-0.3, -0.25) is 0 Å². The smallest absolute Gasteiger partial charge is 0.120 e. The van der Waals surface area contributed by atoms with Gasteiger partial charge in [0.05, 0.1) is 0 Å². The topological polar surface area (TPSA) is 32.3 Å². The average molecular weight is 177 g/mol. The number of nitrogens with one attached hydrogen (secondary N) is 1. The molecule has 0 radical (unpaired) electrons. The number of benzene rings is 1. The first kappa shape index (κ1) is 8.57. The molecule has 0 unspecified atom stereocenters. The van der Waals surface area contributed by atoms with E-state index in [1.54, 1.807) is 0 Å². The second-order valence-electron chi connectivity index (χ2n) is 3.85. The Morgan fingerprint density at radius 3 is 2.54 bits per heavy atom. The molecule has 0 aromatic heterocycles. The number of phenols is 1. The van der Waals surface area contributed by atoms with E-state index in [9.17, 15) is 5.11 Å². The molecule has 1 aliphatic rings. The molecule has 2 rings (SSSR count). The number of hydrogen-bond acceptors (Lipinski definition) is 2. The van der Waals surface area contributed by atoms with E-state index in [4.69, 9.17) is 0 Å². The van der Waals surface area contributed by atoms with Crippen LogP contribution in [-0.4, -0.2) is 12.2 Å². The summed E-state index contributed by atoms with van der Waals surface area (Å²) in [5, 5.41) is 13.0. The Bertz CT molecular complexity index is 329. The first-order valence-electron chi connectivity index (χ1n) is 4.67. The SMILES string of the molecule is CNC1(c2ccc(C)cc2O)CC1. The lowest BCUT2D eigenvalue weighted by Crippen LogP contribution is -2.24. The van der Waals surface area contributed by atoms with Crippen molar-refractivity contribution in [2.75, 3.05) is 7.05 Å². The lowest BCUT2D eigenvalue weighted by Gasteiger charge is -2.16. The molecule has 1 aromatic rings. The van der Waals surface area contributed by atoms with Crippen molar-refractivity contribution in [1.82, 2.24) is 5.32 Å². The van der Waals surface area contributed by atoms with Crippen LogP contribution in [0.4, 0.5) is 0 Å². The van der Waals surface area contributed by atoms with Gasteiger partial charge in [-0.15, -0.1) is 0 Å². The molecule has 0 aliphatic heterocycles. The Morgan fingerprint density at radius 1 is 1.38 bits per heavy atom. The van der Waals surface area contributed by atoms with Crippen molar-refractivity contribution in [3.05, 3.63) is 29.3 Å². The van der Waals surface area contributed by atoms with E-state index < -0.39 is 0 Å². The van der Waals surface area contributed by atoms with Gasteiger partial charge in [0.25, 0.3) is 0 Å². The Labute approximate surface area is 78.6 Å². The van der Waals surface area contributed by atoms with E-state index in [0.717, 1.165) is 24.0 Å². The minimum Gasteiger partial charge on any atom is -0.508 e. The van der Waals surface area contributed by atoms with Gasteiger partial charge >= 0.3 is 0 Å². The van der Waals surface area contributed by atoms with Gasteiger partial charge in [0.2, 0.25) is 0 Å². The second-order valence-corrected chi connectivity index (χ2v) is 3.85. The van der Waals surface area contributed by atoms with E-state index >= 15 is 0 Å². The molecule has 1 aromatic carbocycles. The van der Waals surface area contributed by atoms with Gasteiger partial charge in [-0.2, -0.15) is 0 Å². The van der Waals surface area contributed by atoms with Crippen molar-refractivity contribution in [3.63, 3.8) is 0 Å². The van der Waals surface area contributed by atoms with Crippen molar-refractivity contribution in [1.29, 1.82) is 0 Å². The molecule has 2 nitrogen and oxygen atoms in total. The van der Waals surface area contributed by atoms with Crippen LogP contribution >= 0.6 is 0 Å². The molecular formula is C11H15NO. The van der Waals surface area contributed by atoms with Crippen molar-refractivity contribution in [2.24, 2.45) is 0 Å². The van der Waals surface area contributed by atoms with Crippen LogP contribution in [0.15, 0.2) is 18.2 Å².